The van der Waals surface area contributed by atoms with Gasteiger partial charge in [-0.15, -0.1) is 0 Å². The van der Waals surface area contributed by atoms with E-state index in [9.17, 15) is 4.39 Å². The third-order valence-electron chi connectivity index (χ3n) is 3.55. The fraction of sp³-hybridized carbons (Fsp3) is 0.571. The van der Waals surface area contributed by atoms with E-state index >= 15 is 0 Å². The summed E-state index contributed by atoms with van der Waals surface area (Å²) in [5.74, 6) is -0.371. The van der Waals surface area contributed by atoms with Crippen LogP contribution in [0.25, 0.3) is 0 Å². The van der Waals surface area contributed by atoms with Crippen molar-refractivity contribution in [2.75, 3.05) is 33.3 Å². The third kappa shape index (κ3) is 3.26. The topological polar surface area (TPSA) is 24.5 Å². The standard InChI is InChI=1S/C14H20ClFN2O/c1-3-18-6-7-19-13(9-17-2)14(18)10-4-5-11(15)12(16)8-10/h4-5,8,13-14,17H,3,6-7,9H2,1-2H3. The average Bonchev–Trinajstić information content (AvgIpc) is 2.42. The number of hydrogen-bond donors (Lipinski definition) is 1. The van der Waals surface area contributed by atoms with Gasteiger partial charge in [-0.1, -0.05) is 24.6 Å². The Morgan fingerprint density at radius 1 is 1.53 bits per heavy atom. The predicted octanol–water partition coefficient (Wildman–Crippen LogP) is 2.46. The first-order valence-corrected chi connectivity index (χ1v) is 7.00. The van der Waals surface area contributed by atoms with Crippen molar-refractivity contribution in [3.8, 4) is 0 Å². The van der Waals surface area contributed by atoms with Gasteiger partial charge in [0.05, 0.1) is 23.8 Å². The molecule has 0 radical (unpaired) electrons. The maximum Gasteiger partial charge on any atom is 0.142 e. The van der Waals surface area contributed by atoms with Crippen molar-refractivity contribution in [3.05, 3.63) is 34.6 Å². The average molecular weight is 287 g/mol. The van der Waals surface area contributed by atoms with Crippen molar-refractivity contribution in [1.29, 1.82) is 0 Å². The van der Waals surface area contributed by atoms with Crippen molar-refractivity contribution in [3.63, 3.8) is 0 Å². The molecule has 1 saturated heterocycles. The van der Waals surface area contributed by atoms with Gasteiger partial charge in [0.15, 0.2) is 0 Å². The molecule has 0 amide bonds. The number of ether oxygens (including phenoxy) is 1. The van der Waals surface area contributed by atoms with Gasteiger partial charge >= 0.3 is 0 Å². The lowest BCUT2D eigenvalue weighted by molar-refractivity contribution is -0.0687. The van der Waals surface area contributed by atoms with Crippen LogP contribution in [-0.2, 0) is 4.74 Å². The summed E-state index contributed by atoms with van der Waals surface area (Å²) in [4.78, 5) is 2.31. The number of morpholine rings is 1. The molecule has 1 aliphatic heterocycles. The van der Waals surface area contributed by atoms with Gasteiger partial charge in [-0.3, -0.25) is 4.90 Å². The number of nitrogens with one attached hydrogen (secondary N) is 1. The summed E-state index contributed by atoms with van der Waals surface area (Å²) in [6.45, 7) is 5.35. The highest BCUT2D eigenvalue weighted by Crippen LogP contribution is 2.31. The fourth-order valence-electron chi connectivity index (χ4n) is 2.64. The molecule has 1 aliphatic rings. The number of nitrogens with zero attached hydrogens (tertiary/aromatic N) is 1. The van der Waals surface area contributed by atoms with Crippen molar-refractivity contribution >= 4 is 11.6 Å². The van der Waals surface area contributed by atoms with E-state index in [2.05, 4.69) is 17.1 Å². The molecule has 2 rings (SSSR count). The van der Waals surface area contributed by atoms with Crippen molar-refractivity contribution in [2.45, 2.75) is 19.1 Å². The van der Waals surface area contributed by atoms with Gasteiger partial charge in [0, 0.05) is 13.1 Å². The second-order valence-corrected chi connectivity index (χ2v) is 5.12. The molecule has 0 aliphatic carbocycles. The Balaban J connectivity index is 2.30. The monoisotopic (exact) mass is 286 g/mol. The molecular weight excluding hydrogens is 267 g/mol. The molecule has 19 heavy (non-hydrogen) atoms. The minimum Gasteiger partial charge on any atom is -0.374 e. The molecule has 0 saturated carbocycles. The summed E-state index contributed by atoms with van der Waals surface area (Å²) in [5.41, 5.74) is 0.920. The van der Waals surface area contributed by atoms with Crippen LogP contribution < -0.4 is 5.32 Å². The molecule has 2 unspecified atom stereocenters. The molecular formula is C14H20ClFN2O. The highest BCUT2D eigenvalue weighted by molar-refractivity contribution is 6.30. The van der Waals surface area contributed by atoms with Crippen molar-refractivity contribution in [2.24, 2.45) is 0 Å². The summed E-state index contributed by atoms with van der Waals surface area (Å²) in [7, 11) is 1.90. The van der Waals surface area contributed by atoms with Crippen molar-refractivity contribution < 1.29 is 9.13 Å². The largest absolute Gasteiger partial charge is 0.374 e. The highest BCUT2D eigenvalue weighted by atomic mass is 35.5. The lowest BCUT2D eigenvalue weighted by atomic mass is 9.97. The molecule has 1 aromatic rings. The molecule has 0 spiro atoms. The zero-order valence-corrected chi connectivity index (χ0v) is 12.1. The Bertz CT molecular complexity index is 428. The van der Waals surface area contributed by atoms with E-state index in [-0.39, 0.29) is 23.0 Å². The molecule has 106 valence electrons. The van der Waals surface area contributed by atoms with Gasteiger partial charge in [0.25, 0.3) is 0 Å². The van der Waals surface area contributed by atoms with Crippen LogP contribution in [0.2, 0.25) is 5.02 Å². The summed E-state index contributed by atoms with van der Waals surface area (Å²) >= 11 is 5.76. The Morgan fingerprint density at radius 3 is 2.95 bits per heavy atom. The summed E-state index contributed by atoms with van der Waals surface area (Å²) in [5, 5.41) is 3.30. The molecule has 5 heteroatoms. The van der Waals surface area contributed by atoms with Crippen molar-refractivity contribution in [1.82, 2.24) is 10.2 Å². The van der Waals surface area contributed by atoms with Gasteiger partial charge in [-0.2, -0.15) is 0 Å². The zero-order chi connectivity index (χ0) is 13.8. The van der Waals surface area contributed by atoms with E-state index in [0.29, 0.717) is 6.61 Å². The maximum atomic E-state index is 13.7. The molecule has 1 aromatic carbocycles. The first-order valence-electron chi connectivity index (χ1n) is 6.62. The minimum atomic E-state index is -0.371. The van der Waals surface area contributed by atoms with Crippen LogP contribution in [0.3, 0.4) is 0 Å². The first-order chi connectivity index (χ1) is 9.17. The van der Waals surface area contributed by atoms with E-state index in [4.69, 9.17) is 16.3 Å². The third-order valence-corrected chi connectivity index (χ3v) is 3.86. The van der Waals surface area contributed by atoms with E-state index in [1.807, 2.05) is 13.1 Å². The quantitative estimate of drug-likeness (QED) is 0.920. The Labute approximate surface area is 118 Å². The van der Waals surface area contributed by atoms with Crippen LogP contribution in [0.1, 0.15) is 18.5 Å². The SMILES string of the molecule is CCN1CCOC(CNC)C1c1ccc(Cl)c(F)c1. The van der Waals surface area contributed by atoms with Crippen LogP contribution in [0.5, 0.6) is 0 Å². The molecule has 1 heterocycles. The van der Waals surface area contributed by atoms with Gasteiger partial charge in [0.1, 0.15) is 5.82 Å². The first kappa shape index (κ1) is 14.7. The van der Waals surface area contributed by atoms with Crippen LogP contribution in [-0.4, -0.2) is 44.3 Å². The van der Waals surface area contributed by atoms with Crippen LogP contribution in [0.15, 0.2) is 18.2 Å². The molecule has 0 aromatic heterocycles. The zero-order valence-electron chi connectivity index (χ0n) is 11.3. The summed E-state index contributed by atoms with van der Waals surface area (Å²) < 4.78 is 19.5. The lowest BCUT2D eigenvalue weighted by Crippen LogP contribution is -2.48. The lowest BCUT2D eigenvalue weighted by Gasteiger charge is -2.41. The number of rotatable bonds is 4. The van der Waals surface area contributed by atoms with Crippen LogP contribution in [0, 0.1) is 5.82 Å². The van der Waals surface area contributed by atoms with Gasteiger partial charge in [0.2, 0.25) is 0 Å². The van der Waals surface area contributed by atoms with Gasteiger partial charge < -0.3 is 10.1 Å². The van der Waals surface area contributed by atoms with Crippen LogP contribution >= 0.6 is 11.6 Å². The summed E-state index contributed by atoms with van der Waals surface area (Å²) in [6.07, 6.45) is 0.0271. The number of benzene rings is 1. The van der Waals surface area contributed by atoms with E-state index < -0.39 is 0 Å². The summed E-state index contributed by atoms with van der Waals surface area (Å²) in [6, 6.07) is 5.09. The number of hydrogen-bond acceptors (Lipinski definition) is 3. The van der Waals surface area contributed by atoms with Gasteiger partial charge in [-0.05, 0) is 31.3 Å². The Hall–Kier alpha value is -0.680. The Kier molecular flexibility index (Phi) is 5.16. The normalized spacial score (nSPS) is 24.6. The van der Waals surface area contributed by atoms with E-state index in [0.717, 1.165) is 25.2 Å². The number of likely N-dealkylation sites (N-methyl/N-ethyl adjacent to an activating group) is 2. The molecule has 2 atom stereocenters. The Morgan fingerprint density at radius 2 is 2.32 bits per heavy atom. The second-order valence-electron chi connectivity index (χ2n) is 4.71. The maximum absolute atomic E-state index is 13.7. The van der Waals surface area contributed by atoms with E-state index in [1.54, 1.807) is 6.07 Å². The molecule has 1 N–H and O–H groups in total. The molecule has 0 bridgehead atoms. The highest BCUT2D eigenvalue weighted by Gasteiger charge is 2.32. The van der Waals surface area contributed by atoms with Gasteiger partial charge in [-0.25, -0.2) is 4.39 Å². The van der Waals surface area contributed by atoms with Crippen LogP contribution in [0.4, 0.5) is 4.39 Å². The predicted molar refractivity (Wildman–Crippen MR) is 75.1 cm³/mol. The second kappa shape index (κ2) is 6.66. The smallest absolute Gasteiger partial charge is 0.142 e. The molecule has 3 nitrogen and oxygen atoms in total. The van der Waals surface area contributed by atoms with E-state index in [1.165, 1.54) is 6.07 Å². The number of halogens is 2. The fourth-order valence-corrected chi connectivity index (χ4v) is 2.75. The molecule has 1 fully saturated rings. The minimum absolute atomic E-state index is 0.0271.